The van der Waals surface area contributed by atoms with E-state index in [4.69, 9.17) is 5.11 Å². The number of hydrogen-bond donors (Lipinski definition) is 1. The van der Waals surface area contributed by atoms with Gasteiger partial charge in [-0.15, -0.1) is 16.4 Å². The van der Waals surface area contributed by atoms with E-state index in [2.05, 4.69) is 15.5 Å². The summed E-state index contributed by atoms with van der Waals surface area (Å²) in [5, 5.41) is 22.2. The maximum absolute atomic E-state index is 10.7. The molecule has 2 aromatic rings. The summed E-state index contributed by atoms with van der Waals surface area (Å²) in [5.41, 5.74) is 1.09. The van der Waals surface area contributed by atoms with Crippen molar-refractivity contribution in [3.05, 3.63) is 17.0 Å². The van der Waals surface area contributed by atoms with E-state index in [0.717, 1.165) is 10.4 Å². The lowest BCUT2D eigenvalue weighted by Gasteiger charge is -2.10. The first-order valence-corrected chi connectivity index (χ1v) is 6.01. The molecule has 0 spiro atoms. The van der Waals surface area contributed by atoms with E-state index >= 15 is 0 Å². The van der Waals surface area contributed by atoms with Crippen molar-refractivity contribution in [1.82, 2.24) is 20.2 Å². The highest BCUT2D eigenvalue weighted by Gasteiger charge is 2.18. The van der Waals surface area contributed by atoms with Gasteiger partial charge in [0.15, 0.2) is 5.82 Å². The summed E-state index contributed by atoms with van der Waals surface area (Å²) in [7, 11) is 0. The molecule has 2 heterocycles. The molecule has 1 N–H and O–H groups in total. The predicted octanol–water partition coefficient (Wildman–Crippen LogP) is 1.75. The van der Waals surface area contributed by atoms with Crippen molar-refractivity contribution in [2.45, 2.75) is 26.3 Å². The Balaban J connectivity index is 2.35. The topological polar surface area (TPSA) is 80.9 Å². The van der Waals surface area contributed by atoms with Crippen LogP contribution in [-0.2, 0) is 4.79 Å². The number of carbonyl (C=O) groups is 1. The molecule has 90 valence electrons. The minimum absolute atomic E-state index is 0.00244. The van der Waals surface area contributed by atoms with Crippen LogP contribution in [0.4, 0.5) is 0 Å². The Morgan fingerprint density at radius 2 is 2.41 bits per heavy atom. The van der Waals surface area contributed by atoms with Gasteiger partial charge < -0.3 is 5.11 Å². The summed E-state index contributed by atoms with van der Waals surface area (Å²) in [6.45, 7) is 3.77. The van der Waals surface area contributed by atoms with Crippen LogP contribution in [0.3, 0.4) is 0 Å². The van der Waals surface area contributed by atoms with Crippen molar-refractivity contribution >= 4 is 17.3 Å². The van der Waals surface area contributed by atoms with Crippen LogP contribution in [-0.4, -0.2) is 31.3 Å². The molecule has 0 aliphatic rings. The zero-order chi connectivity index (χ0) is 12.4. The first kappa shape index (κ1) is 11.7. The monoisotopic (exact) mass is 252 g/mol. The molecule has 17 heavy (non-hydrogen) atoms. The number of aryl methyl sites for hydroxylation is 1. The lowest BCUT2D eigenvalue weighted by atomic mass is 10.2. The third kappa shape index (κ3) is 2.33. The van der Waals surface area contributed by atoms with Gasteiger partial charge in [-0.05, 0) is 41.3 Å². The van der Waals surface area contributed by atoms with Crippen LogP contribution >= 0.6 is 11.3 Å². The van der Waals surface area contributed by atoms with Gasteiger partial charge >= 0.3 is 5.97 Å². The standard InChI is InChI=1S/C10H12N4O2S/c1-6-3-4-17-9(6)10-11-12-13-14(10)7(2)5-8(15)16/h3-4,7H,5H2,1-2H3,(H,15,16). The summed E-state index contributed by atoms with van der Waals surface area (Å²) in [6.07, 6.45) is 0.00244. The average molecular weight is 252 g/mol. The van der Waals surface area contributed by atoms with Gasteiger partial charge in [0.1, 0.15) is 0 Å². The number of carboxylic acid groups (broad SMARTS) is 1. The third-order valence-corrected chi connectivity index (χ3v) is 3.46. The highest BCUT2D eigenvalue weighted by Crippen LogP contribution is 2.28. The van der Waals surface area contributed by atoms with Gasteiger partial charge in [-0.2, -0.15) is 0 Å². The molecule has 7 heteroatoms. The number of aliphatic carboxylic acids is 1. The third-order valence-electron chi connectivity index (χ3n) is 2.45. The minimum Gasteiger partial charge on any atom is -0.481 e. The summed E-state index contributed by atoms with van der Waals surface area (Å²) < 4.78 is 1.56. The van der Waals surface area contributed by atoms with E-state index in [1.165, 1.54) is 0 Å². The molecule has 2 rings (SSSR count). The fourth-order valence-corrected chi connectivity index (χ4v) is 2.48. The Bertz CT molecular complexity index is 534. The summed E-state index contributed by atoms with van der Waals surface area (Å²) in [5.74, 6) is -0.229. The SMILES string of the molecule is Cc1ccsc1-c1nnnn1C(C)CC(=O)O. The molecule has 2 aromatic heterocycles. The largest absolute Gasteiger partial charge is 0.481 e. The number of carboxylic acids is 1. The van der Waals surface area contributed by atoms with Crippen LogP contribution in [0.2, 0.25) is 0 Å². The van der Waals surface area contributed by atoms with Gasteiger partial charge in [0.05, 0.1) is 17.3 Å². The van der Waals surface area contributed by atoms with Crippen molar-refractivity contribution in [2.75, 3.05) is 0 Å². The molecule has 0 saturated carbocycles. The van der Waals surface area contributed by atoms with Crippen molar-refractivity contribution in [3.63, 3.8) is 0 Å². The minimum atomic E-state index is -0.859. The number of aromatic nitrogens is 4. The molecular formula is C10H12N4O2S. The van der Waals surface area contributed by atoms with E-state index in [9.17, 15) is 4.79 Å². The Morgan fingerprint density at radius 1 is 1.65 bits per heavy atom. The second kappa shape index (κ2) is 4.62. The first-order valence-electron chi connectivity index (χ1n) is 5.13. The van der Waals surface area contributed by atoms with Crippen molar-refractivity contribution in [1.29, 1.82) is 0 Å². The van der Waals surface area contributed by atoms with Crippen LogP contribution in [0.25, 0.3) is 10.7 Å². The predicted molar refractivity (Wildman–Crippen MR) is 62.8 cm³/mol. The van der Waals surface area contributed by atoms with Gasteiger partial charge in [-0.3, -0.25) is 4.79 Å². The van der Waals surface area contributed by atoms with E-state index in [-0.39, 0.29) is 12.5 Å². The maximum Gasteiger partial charge on any atom is 0.305 e. The molecule has 0 radical (unpaired) electrons. The van der Waals surface area contributed by atoms with Gasteiger partial charge in [0, 0.05) is 0 Å². The van der Waals surface area contributed by atoms with E-state index in [1.807, 2.05) is 18.4 Å². The molecule has 0 saturated heterocycles. The highest BCUT2D eigenvalue weighted by atomic mass is 32.1. The molecule has 0 fully saturated rings. The number of thiophene rings is 1. The number of nitrogens with zero attached hydrogens (tertiary/aromatic N) is 4. The van der Waals surface area contributed by atoms with Crippen LogP contribution in [0.1, 0.15) is 24.9 Å². The maximum atomic E-state index is 10.7. The van der Waals surface area contributed by atoms with Crippen LogP contribution in [0.5, 0.6) is 0 Å². The summed E-state index contributed by atoms with van der Waals surface area (Å²) >= 11 is 1.55. The molecular weight excluding hydrogens is 240 g/mol. The van der Waals surface area contributed by atoms with Crippen molar-refractivity contribution < 1.29 is 9.90 Å². The number of hydrogen-bond acceptors (Lipinski definition) is 5. The summed E-state index contributed by atoms with van der Waals surface area (Å²) in [6, 6.07) is 1.72. The van der Waals surface area contributed by atoms with Crippen LogP contribution < -0.4 is 0 Å². The van der Waals surface area contributed by atoms with Gasteiger partial charge in [-0.1, -0.05) is 0 Å². The van der Waals surface area contributed by atoms with Gasteiger partial charge in [0.2, 0.25) is 0 Å². The van der Waals surface area contributed by atoms with E-state index < -0.39 is 5.97 Å². The fraction of sp³-hybridized carbons (Fsp3) is 0.400. The highest BCUT2D eigenvalue weighted by molar-refractivity contribution is 7.13. The fourth-order valence-electron chi connectivity index (χ4n) is 1.58. The number of rotatable bonds is 4. The molecule has 6 nitrogen and oxygen atoms in total. The van der Waals surface area contributed by atoms with E-state index in [0.29, 0.717) is 5.82 Å². The first-order chi connectivity index (χ1) is 8.09. The Hall–Kier alpha value is -1.76. The quantitative estimate of drug-likeness (QED) is 0.896. The van der Waals surface area contributed by atoms with Gasteiger partial charge in [-0.25, -0.2) is 4.68 Å². The second-order valence-corrected chi connectivity index (χ2v) is 4.74. The Morgan fingerprint density at radius 3 is 3.00 bits per heavy atom. The second-order valence-electron chi connectivity index (χ2n) is 3.83. The molecule has 0 aliphatic heterocycles. The zero-order valence-electron chi connectivity index (χ0n) is 9.49. The Labute approximate surface area is 102 Å². The average Bonchev–Trinajstić information content (AvgIpc) is 2.83. The summed E-state index contributed by atoms with van der Waals surface area (Å²) in [4.78, 5) is 11.7. The van der Waals surface area contributed by atoms with Gasteiger partial charge in [0.25, 0.3) is 0 Å². The van der Waals surface area contributed by atoms with Crippen LogP contribution in [0, 0.1) is 6.92 Å². The lowest BCUT2D eigenvalue weighted by molar-refractivity contribution is -0.137. The van der Waals surface area contributed by atoms with Crippen molar-refractivity contribution in [3.8, 4) is 10.7 Å². The molecule has 0 bridgehead atoms. The molecule has 0 amide bonds. The lowest BCUT2D eigenvalue weighted by Crippen LogP contribution is -2.13. The van der Waals surface area contributed by atoms with Crippen molar-refractivity contribution in [2.24, 2.45) is 0 Å². The molecule has 0 aromatic carbocycles. The number of tetrazole rings is 1. The zero-order valence-corrected chi connectivity index (χ0v) is 10.3. The normalized spacial score (nSPS) is 12.6. The molecule has 0 aliphatic carbocycles. The smallest absolute Gasteiger partial charge is 0.305 e. The molecule has 1 atom stereocenters. The molecule has 1 unspecified atom stereocenters. The Kier molecular flexibility index (Phi) is 3.19. The van der Waals surface area contributed by atoms with Crippen LogP contribution in [0.15, 0.2) is 11.4 Å². The van der Waals surface area contributed by atoms with E-state index in [1.54, 1.807) is 22.9 Å².